The van der Waals surface area contributed by atoms with Crippen molar-refractivity contribution in [2.75, 3.05) is 0 Å². The van der Waals surface area contributed by atoms with Gasteiger partial charge in [0.1, 0.15) is 11.0 Å². The van der Waals surface area contributed by atoms with Crippen molar-refractivity contribution in [3.8, 4) is 0 Å². The number of benzene rings is 2. The Balaban J connectivity index is 1.95. The first kappa shape index (κ1) is 13.8. The van der Waals surface area contributed by atoms with Gasteiger partial charge in [0.2, 0.25) is 0 Å². The van der Waals surface area contributed by atoms with Crippen LogP contribution in [0.2, 0.25) is 0 Å². The highest BCUT2D eigenvalue weighted by molar-refractivity contribution is 6.04. The van der Waals surface area contributed by atoms with Crippen molar-refractivity contribution < 1.29 is 0 Å². The summed E-state index contributed by atoms with van der Waals surface area (Å²) in [5, 5.41) is 0.997. The van der Waals surface area contributed by atoms with Gasteiger partial charge in [-0.2, -0.15) is 0 Å². The zero-order chi connectivity index (χ0) is 16.0. The molecule has 0 spiro atoms. The molecule has 23 heavy (non-hydrogen) atoms. The molecule has 4 aromatic rings. The fourth-order valence-corrected chi connectivity index (χ4v) is 3.05. The summed E-state index contributed by atoms with van der Waals surface area (Å²) >= 11 is 0. The lowest BCUT2D eigenvalue weighted by molar-refractivity contribution is 0.608. The third kappa shape index (κ3) is 2.14. The van der Waals surface area contributed by atoms with Gasteiger partial charge in [-0.05, 0) is 31.5 Å². The molecule has 4 heteroatoms. The maximum absolute atomic E-state index is 12.9. The fourth-order valence-electron chi connectivity index (χ4n) is 3.05. The molecule has 0 saturated heterocycles. The highest BCUT2D eigenvalue weighted by atomic mass is 16.1. The van der Waals surface area contributed by atoms with Crippen molar-refractivity contribution >= 4 is 21.9 Å². The summed E-state index contributed by atoms with van der Waals surface area (Å²) in [5.41, 5.74) is 4.45. The molecular formula is C19H17N3O. The number of hydrogen-bond donors (Lipinski definition) is 1. The van der Waals surface area contributed by atoms with Gasteiger partial charge in [-0.15, -0.1) is 0 Å². The van der Waals surface area contributed by atoms with Crippen LogP contribution >= 0.6 is 0 Å². The van der Waals surface area contributed by atoms with Crippen molar-refractivity contribution in [3.05, 3.63) is 76.3 Å². The van der Waals surface area contributed by atoms with E-state index < -0.39 is 0 Å². The lowest BCUT2D eigenvalue weighted by atomic mass is 10.1. The first-order chi connectivity index (χ1) is 11.1. The third-order valence-electron chi connectivity index (χ3n) is 4.39. The van der Waals surface area contributed by atoms with Gasteiger partial charge in [-0.25, -0.2) is 4.98 Å². The second kappa shape index (κ2) is 5.09. The topological polar surface area (TPSA) is 50.7 Å². The second-order valence-corrected chi connectivity index (χ2v) is 5.94. The molecule has 2 aromatic heterocycles. The Morgan fingerprint density at radius 1 is 1.13 bits per heavy atom. The molecule has 2 aromatic carbocycles. The molecule has 4 nitrogen and oxygen atoms in total. The van der Waals surface area contributed by atoms with Crippen LogP contribution in [0.1, 0.15) is 24.1 Å². The highest BCUT2D eigenvalue weighted by Gasteiger charge is 2.15. The maximum Gasteiger partial charge on any atom is 0.278 e. The minimum atomic E-state index is -0.0613. The molecule has 0 aliphatic heterocycles. The van der Waals surface area contributed by atoms with Gasteiger partial charge >= 0.3 is 0 Å². The molecular weight excluding hydrogens is 286 g/mol. The minimum Gasteiger partial charge on any atom is -0.349 e. The number of rotatable bonds is 2. The predicted molar refractivity (Wildman–Crippen MR) is 92.9 cm³/mol. The van der Waals surface area contributed by atoms with Gasteiger partial charge in [-0.1, -0.05) is 42.0 Å². The number of aromatic nitrogens is 3. The highest BCUT2D eigenvalue weighted by Crippen LogP contribution is 2.23. The normalized spacial score (nSPS) is 12.8. The molecule has 0 bridgehead atoms. The third-order valence-corrected chi connectivity index (χ3v) is 4.39. The van der Waals surface area contributed by atoms with Crippen molar-refractivity contribution in [2.24, 2.45) is 0 Å². The Morgan fingerprint density at radius 3 is 2.70 bits per heavy atom. The first-order valence-corrected chi connectivity index (χ1v) is 7.69. The molecule has 4 rings (SSSR count). The first-order valence-electron chi connectivity index (χ1n) is 7.69. The summed E-state index contributed by atoms with van der Waals surface area (Å²) in [4.78, 5) is 20.7. The molecule has 0 saturated carbocycles. The summed E-state index contributed by atoms with van der Waals surface area (Å²) in [6, 6.07) is 16.0. The van der Waals surface area contributed by atoms with Crippen molar-refractivity contribution in [1.29, 1.82) is 0 Å². The van der Waals surface area contributed by atoms with Crippen LogP contribution in [0, 0.1) is 6.92 Å². The molecule has 0 aliphatic rings. The zero-order valence-corrected chi connectivity index (χ0v) is 13.1. The van der Waals surface area contributed by atoms with E-state index in [2.05, 4.69) is 16.0 Å². The number of hydrogen-bond acceptors (Lipinski definition) is 2. The van der Waals surface area contributed by atoms with E-state index in [-0.39, 0.29) is 11.6 Å². The van der Waals surface area contributed by atoms with Gasteiger partial charge < -0.3 is 4.98 Å². The molecule has 2 heterocycles. The Morgan fingerprint density at radius 2 is 1.91 bits per heavy atom. The van der Waals surface area contributed by atoms with Crippen molar-refractivity contribution in [1.82, 2.24) is 14.5 Å². The number of aromatic amines is 1. The van der Waals surface area contributed by atoms with E-state index in [1.807, 2.05) is 56.3 Å². The van der Waals surface area contributed by atoms with E-state index in [4.69, 9.17) is 0 Å². The van der Waals surface area contributed by atoms with Gasteiger partial charge in [0, 0.05) is 10.9 Å². The standard InChI is InChI=1S/C19H17N3O/c1-12-8-9-16-15(10-12)17-18(21-16)19(23)22(11-20-17)13(2)14-6-4-3-5-7-14/h3-11,13,21H,1-2H3/t13-/m0/s1. The van der Waals surface area contributed by atoms with Gasteiger partial charge in [0.05, 0.1) is 12.4 Å². The zero-order valence-electron chi connectivity index (χ0n) is 13.1. The monoisotopic (exact) mass is 303 g/mol. The number of fused-ring (bicyclic) bond motifs is 3. The van der Waals surface area contributed by atoms with E-state index in [1.54, 1.807) is 10.9 Å². The number of aryl methyl sites for hydroxylation is 1. The van der Waals surface area contributed by atoms with Crippen molar-refractivity contribution in [2.45, 2.75) is 19.9 Å². The Labute approximate surface area is 133 Å². The number of H-pyrrole nitrogens is 1. The van der Waals surface area contributed by atoms with Crippen LogP contribution in [-0.4, -0.2) is 14.5 Å². The summed E-state index contributed by atoms with van der Waals surface area (Å²) in [7, 11) is 0. The smallest absolute Gasteiger partial charge is 0.278 e. The van der Waals surface area contributed by atoms with E-state index in [0.717, 1.165) is 27.5 Å². The maximum atomic E-state index is 12.9. The molecule has 0 amide bonds. The SMILES string of the molecule is Cc1ccc2[nH]c3c(=O)n([C@@H](C)c4ccccc4)cnc3c2c1. The summed E-state index contributed by atoms with van der Waals surface area (Å²) in [6.07, 6.45) is 1.65. The lowest BCUT2D eigenvalue weighted by Gasteiger charge is -2.14. The van der Waals surface area contributed by atoms with Crippen LogP contribution < -0.4 is 5.56 Å². The van der Waals surface area contributed by atoms with Crippen LogP contribution in [0.15, 0.2) is 59.7 Å². The number of nitrogens with zero attached hydrogens (tertiary/aromatic N) is 2. The summed E-state index contributed by atoms with van der Waals surface area (Å²) in [5.74, 6) is 0. The van der Waals surface area contributed by atoms with Crippen LogP contribution in [0.3, 0.4) is 0 Å². The fraction of sp³-hybridized carbons (Fsp3) is 0.158. The second-order valence-electron chi connectivity index (χ2n) is 5.94. The molecule has 1 N–H and O–H groups in total. The molecule has 0 fully saturated rings. The molecule has 0 unspecified atom stereocenters. The largest absolute Gasteiger partial charge is 0.349 e. The quantitative estimate of drug-likeness (QED) is 0.612. The summed E-state index contributed by atoms with van der Waals surface area (Å²) in [6.45, 7) is 4.05. The Kier molecular flexibility index (Phi) is 3.05. The van der Waals surface area contributed by atoms with E-state index in [1.165, 1.54) is 0 Å². The molecule has 0 aliphatic carbocycles. The van der Waals surface area contributed by atoms with E-state index >= 15 is 0 Å². The van der Waals surface area contributed by atoms with Crippen LogP contribution in [0.5, 0.6) is 0 Å². The average Bonchev–Trinajstić information content (AvgIpc) is 2.94. The van der Waals surface area contributed by atoms with Gasteiger partial charge in [0.15, 0.2) is 0 Å². The van der Waals surface area contributed by atoms with Gasteiger partial charge in [0.25, 0.3) is 5.56 Å². The van der Waals surface area contributed by atoms with Crippen LogP contribution in [0.25, 0.3) is 21.9 Å². The molecule has 0 radical (unpaired) electrons. The Hall–Kier alpha value is -2.88. The van der Waals surface area contributed by atoms with Gasteiger partial charge in [-0.3, -0.25) is 9.36 Å². The van der Waals surface area contributed by atoms with Crippen LogP contribution in [-0.2, 0) is 0 Å². The predicted octanol–water partition coefficient (Wildman–Crippen LogP) is 3.80. The van der Waals surface area contributed by atoms with E-state index in [9.17, 15) is 4.79 Å². The Bertz CT molecular complexity index is 1060. The molecule has 114 valence electrons. The lowest BCUT2D eigenvalue weighted by Crippen LogP contribution is -2.24. The molecule has 1 atom stereocenters. The van der Waals surface area contributed by atoms with E-state index in [0.29, 0.717) is 5.52 Å². The van der Waals surface area contributed by atoms with Crippen LogP contribution in [0.4, 0.5) is 0 Å². The minimum absolute atomic E-state index is 0.0415. The summed E-state index contributed by atoms with van der Waals surface area (Å²) < 4.78 is 1.68. The number of nitrogens with one attached hydrogen (secondary N) is 1. The van der Waals surface area contributed by atoms with Crippen molar-refractivity contribution in [3.63, 3.8) is 0 Å². The average molecular weight is 303 g/mol.